The molecule has 0 heterocycles. The predicted molar refractivity (Wildman–Crippen MR) is 361 cm³/mol. The Balaban J connectivity index is 4.39. The molecule has 0 fully saturated rings. The first kappa shape index (κ1) is 77.2. The molecule has 0 spiro atoms. The van der Waals surface area contributed by atoms with Crippen LogP contribution in [0, 0.1) is 0 Å². The van der Waals surface area contributed by atoms with Gasteiger partial charge in [0.05, 0.1) is 0 Å². The SMILES string of the molecule is CC/C=C\C/C=C\C/C=C\C/C=C\C/C=C\C/C=C\C/C=C\C/C=C\C/C=C\C/C=C\CCCCCCC(=O)OCC(COC(=O)CCCCCCC/C=C\C/C=C\C/C=C\CC)OC(=O)CCCCCCC/C=C\C/C=C\C/C=C\CC. The van der Waals surface area contributed by atoms with E-state index in [0.717, 1.165) is 212 Å². The van der Waals surface area contributed by atoms with Crippen molar-refractivity contribution in [1.82, 2.24) is 0 Å². The molecule has 0 aromatic rings. The van der Waals surface area contributed by atoms with E-state index < -0.39 is 6.10 Å². The highest BCUT2D eigenvalue weighted by Gasteiger charge is 2.19. The van der Waals surface area contributed by atoms with Crippen LogP contribution in [0.4, 0.5) is 0 Å². The van der Waals surface area contributed by atoms with E-state index in [1.54, 1.807) is 0 Å². The zero-order chi connectivity index (χ0) is 59.9. The Labute approximate surface area is 509 Å². The van der Waals surface area contributed by atoms with Gasteiger partial charge in [0.15, 0.2) is 6.10 Å². The summed E-state index contributed by atoms with van der Waals surface area (Å²) in [5.41, 5.74) is 0. The highest BCUT2D eigenvalue weighted by atomic mass is 16.6. The third-order valence-corrected chi connectivity index (χ3v) is 13.1. The molecular formula is C77H118O6. The second-order valence-electron chi connectivity index (χ2n) is 20.9. The molecule has 0 N–H and O–H groups in total. The van der Waals surface area contributed by atoms with Gasteiger partial charge in [-0.15, -0.1) is 0 Å². The van der Waals surface area contributed by atoms with Gasteiger partial charge in [-0.25, -0.2) is 0 Å². The highest BCUT2D eigenvalue weighted by Crippen LogP contribution is 2.13. The minimum absolute atomic E-state index is 0.112. The van der Waals surface area contributed by atoms with Crippen LogP contribution in [0.25, 0.3) is 0 Å². The van der Waals surface area contributed by atoms with Gasteiger partial charge in [-0.2, -0.15) is 0 Å². The maximum absolute atomic E-state index is 12.9. The summed E-state index contributed by atoms with van der Waals surface area (Å²) in [7, 11) is 0. The Bertz CT molecular complexity index is 1990. The summed E-state index contributed by atoms with van der Waals surface area (Å²) in [4.78, 5) is 38.3. The molecule has 462 valence electrons. The second kappa shape index (κ2) is 68.7. The third-order valence-electron chi connectivity index (χ3n) is 13.1. The topological polar surface area (TPSA) is 78.9 Å². The molecule has 6 heteroatoms. The number of carbonyl (C=O) groups is 3. The van der Waals surface area contributed by atoms with Crippen LogP contribution in [-0.4, -0.2) is 37.2 Å². The molecule has 0 saturated heterocycles. The van der Waals surface area contributed by atoms with Crippen LogP contribution in [0.1, 0.15) is 252 Å². The van der Waals surface area contributed by atoms with E-state index in [0.29, 0.717) is 12.8 Å². The van der Waals surface area contributed by atoms with Crippen LogP contribution in [0.5, 0.6) is 0 Å². The Morgan fingerprint density at radius 3 is 0.675 bits per heavy atom. The molecule has 0 rings (SSSR count). The molecule has 0 amide bonds. The normalized spacial score (nSPS) is 13.4. The summed E-state index contributed by atoms with van der Waals surface area (Å²) in [5.74, 6) is -0.979. The number of hydrogen-bond acceptors (Lipinski definition) is 6. The van der Waals surface area contributed by atoms with Crippen molar-refractivity contribution in [2.24, 2.45) is 0 Å². The maximum atomic E-state index is 12.9. The summed E-state index contributed by atoms with van der Waals surface area (Å²) in [6.07, 6.45) is 104. The summed E-state index contributed by atoms with van der Waals surface area (Å²) in [6, 6.07) is 0. The summed E-state index contributed by atoms with van der Waals surface area (Å²) >= 11 is 0. The number of hydrogen-bond donors (Lipinski definition) is 0. The van der Waals surface area contributed by atoms with E-state index in [4.69, 9.17) is 14.2 Å². The molecule has 0 aliphatic carbocycles. The third kappa shape index (κ3) is 66.9. The Kier molecular flexibility index (Phi) is 64.0. The largest absolute Gasteiger partial charge is 0.462 e. The average molecular weight is 1140 g/mol. The number of carbonyl (C=O) groups excluding carboxylic acids is 3. The smallest absolute Gasteiger partial charge is 0.306 e. The Morgan fingerprint density at radius 1 is 0.241 bits per heavy atom. The van der Waals surface area contributed by atoms with E-state index in [9.17, 15) is 14.4 Å². The molecule has 0 bridgehead atoms. The zero-order valence-electron chi connectivity index (χ0n) is 52.9. The minimum atomic E-state index is -0.817. The predicted octanol–water partition coefficient (Wildman–Crippen LogP) is 23.0. The number of esters is 3. The van der Waals surface area contributed by atoms with E-state index in [2.05, 4.69) is 215 Å². The lowest BCUT2D eigenvalue weighted by atomic mass is 10.1. The molecule has 1 unspecified atom stereocenters. The lowest BCUT2D eigenvalue weighted by molar-refractivity contribution is -0.167. The number of ether oxygens (including phenoxy) is 3. The van der Waals surface area contributed by atoms with Crippen LogP contribution < -0.4 is 0 Å². The van der Waals surface area contributed by atoms with Gasteiger partial charge in [-0.1, -0.05) is 267 Å². The Morgan fingerprint density at radius 2 is 0.434 bits per heavy atom. The van der Waals surface area contributed by atoms with Crippen molar-refractivity contribution in [2.75, 3.05) is 13.2 Å². The number of rotatable bonds is 57. The van der Waals surface area contributed by atoms with Crippen LogP contribution in [0.2, 0.25) is 0 Å². The van der Waals surface area contributed by atoms with Crippen LogP contribution >= 0.6 is 0 Å². The van der Waals surface area contributed by atoms with Crippen molar-refractivity contribution < 1.29 is 28.6 Å². The Hall–Kier alpha value is -5.75. The van der Waals surface area contributed by atoms with Gasteiger partial charge in [0.1, 0.15) is 13.2 Å². The lowest BCUT2D eigenvalue weighted by Gasteiger charge is -2.18. The molecule has 0 aliphatic heterocycles. The van der Waals surface area contributed by atoms with Crippen LogP contribution in [0.3, 0.4) is 0 Å². The van der Waals surface area contributed by atoms with Crippen molar-refractivity contribution >= 4 is 17.9 Å². The number of unbranched alkanes of at least 4 members (excludes halogenated alkanes) is 14. The van der Waals surface area contributed by atoms with Crippen molar-refractivity contribution in [1.29, 1.82) is 0 Å². The van der Waals surface area contributed by atoms with Crippen LogP contribution in [0.15, 0.2) is 194 Å². The molecular weight excluding hydrogens is 1020 g/mol. The molecule has 1 atom stereocenters. The minimum Gasteiger partial charge on any atom is -0.462 e. The average Bonchev–Trinajstić information content (AvgIpc) is 3.49. The van der Waals surface area contributed by atoms with E-state index in [-0.39, 0.29) is 37.5 Å². The van der Waals surface area contributed by atoms with Gasteiger partial charge >= 0.3 is 17.9 Å². The maximum Gasteiger partial charge on any atom is 0.306 e. The van der Waals surface area contributed by atoms with Crippen molar-refractivity contribution in [3.8, 4) is 0 Å². The highest BCUT2D eigenvalue weighted by molar-refractivity contribution is 5.71. The van der Waals surface area contributed by atoms with E-state index in [1.165, 1.54) is 0 Å². The zero-order valence-corrected chi connectivity index (χ0v) is 52.9. The molecule has 0 saturated carbocycles. The van der Waals surface area contributed by atoms with Crippen LogP contribution in [-0.2, 0) is 28.6 Å². The van der Waals surface area contributed by atoms with Gasteiger partial charge in [-0.05, 0) is 161 Å². The van der Waals surface area contributed by atoms with Crippen molar-refractivity contribution in [3.05, 3.63) is 194 Å². The second-order valence-corrected chi connectivity index (χ2v) is 20.9. The van der Waals surface area contributed by atoms with Gasteiger partial charge in [0.2, 0.25) is 0 Å². The van der Waals surface area contributed by atoms with Gasteiger partial charge < -0.3 is 14.2 Å². The molecule has 0 radical (unpaired) electrons. The fourth-order valence-corrected chi connectivity index (χ4v) is 8.26. The summed E-state index contributed by atoms with van der Waals surface area (Å²) in [5, 5.41) is 0. The van der Waals surface area contributed by atoms with Crippen molar-refractivity contribution in [2.45, 2.75) is 258 Å². The molecule has 6 nitrogen and oxygen atoms in total. The lowest BCUT2D eigenvalue weighted by Crippen LogP contribution is -2.30. The van der Waals surface area contributed by atoms with Gasteiger partial charge in [-0.3, -0.25) is 14.4 Å². The first-order valence-electron chi connectivity index (χ1n) is 32.9. The standard InChI is InChI=1S/C77H118O6/c1-4-7-10-13-16-19-22-25-28-29-30-31-32-33-34-35-36-37-38-39-40-41-42-43-44-45-46-47-50-52-55-58-61-64-67-70-76(79)82-73-74(83-77(80)71-68-65-62-59-56-53-49-27-24-21-18-15-12-9-6-3)72-81-75(78)69-66-63-60-57-54-51-48-26-23-20-17-14-11-8-5-2/h7-12,16-21,25-28,30-31,33-34,36-37,39-40,42-43,45-46,48-50,52,74H,4-6,13-15,22-24,29,32,35,38,41,44,47,51,53-73H2,1-3H3/b10-7-,11-8-,12-9-,19-16-,20-17-,21-18-,28-25-,31-30-,34-33-,37-36-,40-39-,43-42-,46-45-,48-26-,49-27-,52-50-. The summed E-state index contributed by atoms with van der Waals surface area (Å²) in [6.45, 7) is 6.24. The molecule has 83 heavy (non-hydrogen) atoms. The molecule has 0 aromatic heterocycles. The quantitative estimate of drug-likeness (QED) is 0.0261. The fourth-order valence-electron chi connectivity index (χ4n) is 8.26. The van der Waals surface area contributed by atoms with Crippen molar-refractivity contribution in [3.63, 3.8) is 0 Å². The molecule has 0 aromatic carbocycles. The fraction of sp³-hybridized carbons (Fsp3) is 0.545. The van der Waals surface area contributed by atoms with Gasteiger partial charge in [0.25, 0.3) is 0 Å². The monoisotopic (exact) mass is 1140 g/mol. The van der Waals surface area contributed by atoms with E-state index in [1.807, 2.05) is 0 Å². The first-order chi connectivity index (χ1) is 41.0. The van der Waals surface area contributed by atoms with E-state index >= 15 is 0 Å². The summed E-state index contributed by atoms with van der Waals surface area (Å²) < 4.78 is 16.9. The first-order valence-corrected chi connectivity index (χ1v) is 32.9. The molecule has 0 aliphatic rings. The number of allylic oxidation sites excluding steroid dienone is 32. The van der Waals surface area contributed by atoms with Gasteiger partial charge in [0, 0.05) is 19.3 Å².